The molecule has 0 aromatic heterocycles. The summed E-state index contributed by atoms with van der Waals surface area (Å²) in [6, 6.07) is 5.14. The van der Waals surface area contributed by atoms with Crippen molar-refractivity contribution in [3.05, 3.63) is 24.3 Å². The van der Waals surface area contributed by atoms with Gasteiger partial charge in [-0.3, -0.25) is 9.35 Å². The van der Waals surface area contributed by atoms with Crippen molar-refractivity contribution < 1.29 is 32.0 Å². The van der Waals surface area contributed by atoms with E-state index < -0.39 is 33.6 Å². The monoisotopic (exact) mass is 372 g/mol. The second-order valence-electron chi connectivity index (χ2n) is 5.57. The van der Waals surface area contributed by atoms with Crippen molar-refractivity contribution >= 4 is 22.1 Å². The van der Waals surface area contributed by atoms with Gasteiger partial charge in [0.15, 0.2) is 12.4 Å². The second-order valence-corrected chi connectivity index (χ2v) is 6.96. The average molecular weight is 372 g/mol. The number of carbonyl (C=O) groups excluding carboxylic acids is 2. The Hall–Kier alpha value is -1.93. The van der Waals surface area contributed by atoms with Gasteiger partial charge in [-0.25, -0.2) is 4.79 Å². The van der Waals surface area contributed by atoms with E-state index in [-0.39, 0.29) is 12.2 Å². The Morgan fingerprint density at radius 1 is 1.00 bits per heavy atom. The molecule has 0 saturated carbocycles. The summed E-state index contributed by atoms with van der Waals surface area (Å²) in [7, 11) is -4.52. The maximum atomic E-state index is 11.7. The van der Waals surface area contributed by atoms with Crippen LogP contribution in [-0.2, 0) is 24.4 Å². The summed E-state index contributed by atoms with van der Waals surface area (Å²) in [5.74, 6) is -1.75. The largest absolute Gasteiger partial charge is 0.454 e. The van der Waals surface area contributed by atoms with Crippen molar-refractivity contribution in [2.45, 2.75) is 56.8 Å². The summed E-state index contributed by atoms with van der Waals surface area (Å²) in [6.45, 7) is 1.51. The van der Waals surface area contributed by atoms with E-state index >= 15 is 0 Å². The molecule has 0 unspecified atom stereocenters. The predicted molar refractivity (Wildman–Crippen MR) is 90.8 cm³/mol. The number of para-hydroxylation sites is 1. The van der Waals surface area contributed by atoms with Gasteiger partial charge < -0.3 is 9.47 Å². The second kappa shape index (κ2) is 10.8. The van der Waals surface area contributed by atoms with Crippen molar-refractivity contribution in [1.82, 2.24) is 0 Å². The van der Waals surface area contributed by atoms with E-state index in [0.29, 0.717) is 6.42 Å². The normalized spacial score (nSPS) is 11.1. The van der Waals surface area contributed by atoms with Crippen LogP contribution in [0.4, 0.5) is 0 Å². The Kier molecular flexibility index (Phi) is 9.15. The summed E-state index contributed by atoms with van der Waals surface area (Å²) in [4.78, 5) is 22.7. The standard InChI is InChI=1S/C17H24O7S/c1-2-3-4-5-6-7-12-16(18)23-13-17(19)24-14-10-8-9-11-15(14)25(20,21)22/h8-11H,2-7,12-13H2,1H3,(H,20,21,22). The van der Waals surface area contributed by atoms with E-state index in [4.69, 9.17) is 14.0 Å². The summed E-state index contributed by atoms with van der Waals surface area (Å²) in [6.07, 6.45) is 6.40. The molecule has 1 N–H and O–H groups in total. The number of unbranched alkanes of at least 4 members (excludes halogenated alkanes) is 5. The van der Waals surface area contributed by atoms with E-state index in [1.54, 1.807) is 0 Å². The molecule has 0 amide bonds. The first kappa shape index (κ1) is 21.1. The van der Waals surface area contributed by atoms with E-state index in [1.807, 2.05) is 0 Å². The van der Waals surface area contributed by atoms with Crippen LogP contribution in [-0.4, -0.2) is 31.5 Å². The fourth-order valence-corrected chi connectivity index (χ4v) is 2.78. The minimum atomic E-state index is -4.52. The van der Waals surface area contributed by atoms with Gasteiger partial charge in [0.1, 0.15) is 4.90 Å². The minimum Gasteiger partial charge on any atom is -0.454 e. The van der Waals surface area contributed by atoms with E-state index in [9.17, 15) is 18.0 Å². The lowest BCUT2D eigenvalue weighted by Crippen LogP contribution is -2.19. The molecule has 0 radical (unpaired) electrons. The van der Waals surface area contributed by atoms with Gasteiger partial charge in [0.2, 0.25) is 0 Å². The molecule has 0 bridgehead atoms. The minimum absolute atomic E-state index is 0.223. The Balaban J connectivity index is 2.35. The third-order valence-electron chi connectivity index (χ3n) is 3.44. The van der Waals surface area contributed by atoms with Crippen molar-refractivity contribution in [2.24, 2.45) is 0 Å². The lowest BCUT2D eigenvalue weighted by Gasteiger charge is -2.08. The molecular weight excluding hydrogens is 348 g/mol. The average Bonchev–Trinajstić information content (AvgIpc) is 2.55. The van der Waals surface area contributed by atoms with E-state index in [0.717, 1.165) is 31.7 Å². The molecule has 140 valence electrons. The number of hydrogen-bond donors (Lipinski definition) is 1. The third kappa shape index (κ3) is 8.64. The van der Waals surface area contributed by atoms with Gasteiger partial charge >= 0.3 is 11.9 Å². The Bertz CT molecular complexity index is 667. The van der Waals surface area contributed by atoms with Crippen LogP contribution in [0.2, 0.25) is 0 Å². The summed E-state index contributed by atoms with van der Waals surface area (Å²) < 4.78 is 41.1. The molecule has 25 heavy (non-hydrogen) atoms. The van der Waals surface area contributed by atoms with Crippen LogP contribution in [0.3, 0.4) is 0 Å². The van der Waals surface area contributed by atoms with Gasteiger partial charge in [-0.2, -0.15) is 8.42 Å². The number of carbonyl (C=O) groups is 2. The molecule has 1 aromatic carbocycles. The van der Waals surface area contributed by atoms with Crippen LogP contribution in [0, 0.1) is 0 Å². The van der Waals surface area contributed by atoms with Gasteiger partial charge in [-0.1, -0.05) is 51.2 Å². The zero-order valence-corrected chi connectivity index (χ0v) is 15.1. The lowest BCUT2D eigenvalue weighted by atomic mass is 10.1. The summed E-state index contributed by atoms with van der Waals surface area (Å²) in [5, 5.41) is 0. The van der Waals surface area contributed by atoms with E-state index in [1.165, 1.54) is 24.6 Å². The molecule has 0 spiro atoms. The number of rotatable bonds is 11. The van der Waals surface area contributed by atoms with Crippen LogP contribution < -0.4 is 4.74 Å². The predicted octanol–water partition coefficient (Wildman–Crippen LogP) is 3.13. The highest BCUT2D eigenvalue weighted by Gasteiger charge is 2.19. The maximum Gasteiger partial charge on any atom is 0.349 e. The first-order valence-electron chi connectivity index (χ1n) is 8.27. The van der Waals surface area contributed by atoms with Crippen molar-refractivity contribution in [3.63, 3.8) is 0 Å². The third-order valence-corrected chi connectivity index (χ3v) is 4.33. The molecule has 0 aliphatic carbocycles. The number of hydrogen-bond acceptors (Lipinski definition) is 6. The molecule has 0 heterocycles. The Morgan fingerprint density at radius 3 is 2.32 bits per heavy atom. The van der Waals surface area contributed by atoms with Gasteiger partial charge in [-0.05, 0) is 18.6 Å². The van der Waals surface area contributed by atoms with Crippen molar-refractivity contribution in [1.29, 1.82) is 0 Å². The van der Waals surface area contributed by atoms with Crippen LogP contribution in [0.25, 0.3) is 0 Å². The zero-order chi connectivity index (χ0) is 18.7. The zero-order valence-electron chi connectivity index (χ0n) is 14.3. The molecule has 1 rings (SSSR count). The van der Waals surface area contributed by atoms with Crippen LogP contribution >= 0.6 is 0 Å². The van der Waals surface area contributed by atoms with Crippen molar-refractivity contribution in [2.75, 3.05) is 6.61 Å². The lowest BCUT2D eigenvalue weighted by molar-refractivity contribution is -0.153. The van der Waals surface area contributed by atoms with Gasteiger partial charge in [0.25, 0.3) is 10.1 Å². The van der Waals surface area contributed by atoms with E-state index in [2.05, 4.69) is 6.92 Å². The van der Waals surface area contributed by atoms with Crippen molar-refractivity contribution in [3.8, 4) is 5.75 Å². The van der Waals surface area contributed by atoms with Crippen LogP contribution in [0.1, 0.15) is 51.9 Å². The number of esters is 2. The molecule has 0 saturated heterocycles. The molecule has 0 aliphatic heterocycles. The van der Waals surface area contributed by atoms with Gasteiger partial charge in [0, 0.05) is 6.42 Å². The molecule has 0 aliphatic rings. The maximum absolute atomic E-state index is 11.7. The Labute approximate surface area is 148 Å². The molecule has 8 heteroatoms. The molecular formula is C17H24O7S. The highest BCUT2D eigenvalue weighted by molar-refractivity contribution is 7.86. The highest BCUT2D eigenvalue weighted by atomic mass is 32.2. The van der Waals surface area contributed by atoms with Gasteiger partial charge in [0.05, 0.1) is 0 Å². The molecule has 1 aromatic rings. The first-order chi connectivity index (χ1) is 11.8. The van der Waals surface area contributed by atoms with Gasteiger partial charge in [-0.15, -0.1) is 0 Å². The molecule has 0 fully saturated rings. The summed E-state index contributed by atoms with van der Waals surface area (Å²) >= 11 is 0. The Morgan fingerprint density at radius 2 is 1.64 bits per heavy atom. The van der Waals surface area contributed by atoms with Crippen LogP contribution in [0.5, 0.6) is 5.75 Å². The number of ether oxygens (including phenoxy) is 2. The highest BCUT2D eigenvalue weighted by Crippen LogP contribution is 2.23. The fourth-order valence-electron chi connectivity index (χ4n) is 2.16. The quantitative estimate of drug-likeness (QED) is 0.275. The summed E-state index contributed by atoms with van der Waals surface area (Å²) in [5.41, 5.74) is 0. The SMILES string of the molecule is CCCCCCCCC(=O)OCC(=O)Oc1ccccc1S(=O)(=O)O. The fraction of sp³-hybridized carbons (Fsp3) is 0.529. The molecule has 0 atom stereocenters. The molecule has 7 nitrogen and oxygen atoms in total. The van der Waals surface area contributed by atoms with Crippen LogP contribution in [0.15, 0.2) is 29.2 Å². The smallest absolute Gasteiger partial charge is 0.349 e. The topological polar surface area (TPSA) is 107 Å². The first-order valence-corrected chi connectivity index (χ1v) is 9.71. The number of benzene rings is 1.